The highest BCUT2D eigenvalue weighted by atomic mass is 16.6. The molecule has 192 valence electrons. The molecule has 4 aliphatic rings. The number of benzene rings is 1. The van der Waals surface area contributed by atoms with Gasteiger partial charge in [-0.3, -0.25) is 14.4 Å². The van der Waals surface area contributed by atoms with Gasteiger partial charge in [-0.15, -0.1) is 0 Å². The summed E-state index contributed by atoms with van der Waals surface area (Å²) in [6, 6.07) is 4.23. The van der Waals surface area contributed by atoms with E-state index in [-0.39, 0.29) is 30.9 Å². The standard InChI is InChI=1S/C28H34N2O6/c1-16(2)19(15-31)30-24-26(33)29(23-17(3)9-7-10-18(23)4)13-8-12-28(24)22(25(30)32)21-20(36-28)11-5-6-14-35-27(21)34/h5,7-12,16,19-22,24,31H,6,13-15H2,1-4H3/t19-,20-,21+,22-,24?,28-/m0/s1. The second kappa shape index (κ2) is 9.16. The van der Waals surface area contributed by atoms with Crippen LogP contribution in [-0.4, -0.2) is 71.3 Å². The lowest BCUT2D eigenvalue weighted by Crippen LogP contribution is -2.59. The first-order valence-electron chi connectivity index (χ1n) is 12.7. The van der Waals surface area contributed by atoms with Crippen molar-refractivity contribution in [2.75, 3.05) is 24.7 Å². The van der Waals surface area contributed by atoms with Crippen molar-refractivity contribution in [3.05, 3.63) is 53.6 Å². The number of aliphatic hydroxyl groups excluding tert-OH is 1. The summed E-state index contributed by atoms with van der Waals surface area (Å²) in [5.41, 5.74) is 1.35. The second-order valence-electron chi connectivity index (χ2n) is 10.6. The molecule has 1 unspecified atom stereocenters. The van der Waals surface area contributed by atoms with Crippen molar-refractivity contribution in [3.8, 4) is 0 Å². The van der Waals surface area contributed by atoms with Crippen LogP contribution in [0.1, 0.15) is 31.4 Å². The number of ether oxygens (including phenoxy) is 2. The van der Waals surface area contributed by atoms with Crippen molar-refractivity contribution in [1.29, 1.82) is 0 Å². The first-order valence-corrected chi connectivity index (χ1v) is 12.7. The van der Waals surface area contributed by atoms with E-state index < -0.39 is 41.6 Å². The van der Waals surface area contributed by atoms with Crippen LogP contribution in [0.2, 0.25) is 0 Å². The van der Waals surface area contributed by atoms with Crippen LogP contribution in [0.15, 0.2) is 42.5 Å². The number of nitrogens with zero attached hydrogens (tertiary/aromatic N) is 2. The maximum absolute atomic E-state index is 14.5. The summed E-state index contributed by atoms with van der Waals surface area (Å²) in [6.45, 7) is 7.97. The second-order valence-corrected chi connectivity index (χ2v) is 10.6. The minimum atomic E-state index is -1.34. The highest BCUT2D eigenvalue weighted by Gasteiger charge is 2.72. The van der Waals surface area contributed by atoms with Gasteiger partial charge in [0.15, 0.2) is 0 Å². The maximum atomic E-state index is 14.5. The summed E-state index contributed by atoms with van der Waals surface area (Å²) in [4.78, 5) is 45.0. The molecule has 1 spiro atoms. The molecule has 0 aliphatic carbocycles. The molecule has 1 aromatic rings. The Morgan fingerprint density at radius 2 is 1.83 bits per heavy atom. The highest BCUT2D eigenvalue weighted by Crippen LogP contribution is 2.54. The Labute approximate surface area is 211 Å². The Morgan fingerprint density at radius 3 is 2.50 bits per heavy atom. The molecule has 4 aliphatic heterocycles. The van der Waals surface area contributed by atoms with Crippen LogP contribution in [-0.2, 0) is 23.9 Å². The lowest BCUT2D eigenvalue weighted by atomic mass is 9.77. The van der Waals surface area contributed by atoms with Crippen LogP contribution in [0.4, 0.5) is 5.69 Å². The predicted octanol–water partition coefficient (Wildman–Crippen LogP) is 2.31. The summed E-state index contributed by atoms with van der Waals surface area (Å²) in [5.74, 6) is -3.03. The van der Waals surface area contributed by atoms with Gasteiger partial charge in [0.2, 0.25) is 5.91 Å². The minimum Gasteiger partial charge on any atom is -0.465 e. The molecule has 0 radical (unpaired) electrons. The van der Waals surface area contributed by atoms with Gasteiger partial charge in [-0.05, 0) is 37.3 Å². The Morgan fingerprint density at radius 1 is 1.11 bits per heavy atom. The molecule has 6 atom stereocenters. The summed E-state index contributed by atoms with van der Waals surface area (Å²) < 4.78 is 12.1. The molecule has 36 heavy (non-hydrogen) atoms. The van der Waals surface area contributed by atoms with E-state index in [4.69, 9.17) is 9.47 Å². The molecule has 2 fully saturated rings. The number of carbonyl (C=O) groups is 3. The Kier molecular flexibility index (Phi) is 6.29. The number of cyclic esters (lactones) is 1. The molecule has 8 heteroatoms. The van der Waals surface area contributed by atoms with E-state index in [0.717, 1.165) is 16.8 Å². The number of amides is 2. The Bertz CT molecular complexity index is 1120. The molecular weight excluding hydrogens is 460 g/mol. The van der Waals surface area contributed by atoms with Crippen molar-refractivity contribution in [3.63, 3.8) is 0 Å². The van der Waals surface area contributed by atoms with Crippen LogP contribution in [0.5, 0.6) is 0 Å². The van der Waals surface area contributed by atoms with Gasteiger partial charge in [0.05, 0.1) is 31.3 Å². The first kappa shape index (κ1) is 24.7. The van der Waals surface area contributed by atoms with Crippen molar-refractivity contribution in [2.45, 2.75) is 57.9 Å². The molecule has 0 saturated carbocycles. The van der Waals surface area contributed by atoms with Gasteiger partial charge < -0.3 is 24.4 Å². The summed E-state index contributed by atoms with van der Waals surface area (Å²) in [6.07, 6.45) is 7.29. The fraction of sp³-hybridized carbons (Fsp3) is 0.536. The third-order valence-electron chi connectivity index (χ3n) is 8.08. The van der Waals surface area contributed by atoms with E-state index >= 15 is 0 Å². The molecule has 1 N–H and O–H groups in total. The zero-order valence-corrected chi connectivity index (χ0v) is 21.2. The monoisotopic (exact) mass is 494 g/mol. The van der Waals surface area contributed by atoms with E-state index in [0.29, 0.717) is 13.0 Å². The summed E-state index contributed by atoms with van der Waals surface area (Å²) in [7, 11) is 0. The number of anilines is 1. The zero-order chi connectivity index (χ0) is 25.8. The maximum Gasteiger partial charge on any atom is 0.312 e. The quantitative estimate of drug-likeness (QED) is 0.510. The number of carbonyl (C=O) groups excluding carboxylic acids is 3. The number of rotatable bonds is 4. The zero-order valence-electron chi connectivity index (χ0n) is 21.2. The number of para-hydroxylation sites is 1. The molecule has 0 bridgehead atoms. The number of aryl methyl sites for hydroxylation is 2. The average molecular weight is 495 g/mol. The van der Waals surface area contributed by atoms with Crippen molar-refractivity contribution in [2.24, 2.45) is 17.8 Å². The first-order chi connectivity index (χ1) is 17.2. The van der Waals surface area contributed by atoms with Gasteiger partial charge in [0.25, 0.3) is 5.91 Å². The van der Waals surface area contributed by atoms with Crippen molar-refractivity contribution < 1.29 is 29.0 Å². The average Bonchev–Trinajstić information content (AvgIpc) is 3.19. The molecule has 2 amide bonds. The number of hydrogen-bond donors (Lipinski definition) is 1. The molecule has 0 aromatic heterocycles. The van der Waals surface area contributed by atoms with Crippen molar-refractivity contribution in [1.82, 2.24) is 4.90 Å². The molecule has 5 rings (SSSR count). The van der Waals surface area contributed by atoms with Gasteiger partial charge in [-0.25, -0.2) is 0 Å². The van der Waals surface area contributed by atoms with E-state index in [1.54, 1.807) is 4.90 Å². The number of fused-ring (bicyclic) bond motifs is 2. The molecule has 4 heterocycles. The van der Waals surface area contributed by atoms with Crippen LogP contribution < -0.4 is 4.90 Å². The third-order valence-corrected chi connectivity index (χ3v) is 8.08. The van der Waals surface area contributed by atoms with Crippen LogP contribution in [0.25, 0.3) is 0 Å². The van der Waals surface area contributed by atoms with Crippen LogP contribution in [0, 0.1) is 31.6 Å². The Hall–Kier alpha value is -2.97. The minimum absolute atomic E-state index is 0.122. The lowest BCUT2D eigenvalue weighted by molar-refractivity contribution is -0.155. The van der Waals surface area contributed by atoms with Gasteiger partial charge >= 0.3 is 5.97 Å². The normalized spacial score (nSPS) is 32.6. The summed E-state index contributed by atoms with van der Waals surface area (Å²) in [5, 5.41) is 10.3. The highest BCUT2D eigenvalue weighted by molar-refractivity contribution is 6.06. The van der Waals surface area contributed by atoms with E-state index in [1.165, 1.54) is 4.90 Å². The van der Waals surface area contributed by atoms with E-state index in [2.05, 4.69) is 0 Å². The number of aliphatic hydroxyl groups is 1. The predicted molar refractivity (Wildman–Crippen MR) is 133 cm³/mol. The van der Waals surface area contributed by atoms with Gasteiger partial charge in [0.1, 0.15) is 17.6 Å². The fourth-order valence-electron chi connectivity index (χ4n) is 6.46. The number of esters is 1. The van der Waals surface area contributed by atoms with Gasteiger partial charge in [-0.1, -0.05) is 56.4 Å². The van der Waals surface area contributed by atoms with Crippen LogP contribution in [0.3, 0.4) is 0 Å². The summed E-state index contributed by atoms with van der Waals surface area (Å²) >= 11 is 0. The molecular formula is C28H34N2O6. The van der Waals surface area contributed by atoms with Crippen LogP contribution >= 0.6 is 0 Å². The SMILES string of the molecule is Cc1cccc(C)c1N1CC=C[C@]23O[C@H]4C=CCCOC(=O)[C@H]4[C@H]2C(=O)N([C@@H](CO)C(C)C)C3C1=O. The molecule has 1 aromatic carbocycles. The fourth-order valence-corrected chi connectivity index (χ4v) is 6.46. The molecule has 8 nitrogen and oxygen atoms in total. The van der Waals surface area contributed by atoms with Crippen molar-refractivity contribution >= 4 is 23.5 Å². The topological polar surface area (TPSA) is 96.4 Å². The van der Waals surface area contributed by atoms with Gasteiger partial charge in [0, 0.05) is 12.2 Å². The Balaban J connectivity index is 1.69. The molecule has 2 saturated heterocycles. The van der Waals surface area contributed by atoms with Gasteiger partial charge in [-0.2, -0.15) is 0 Å². The number of likely N-dealkylation sites (tertiary alicyclic amines) is 1. The van der Waals surface area contributed by atoms with E-state index in [1.807, 2.05) is 70.2 Å². The van der Waals surface area contributed by atoms with E-state index in [9.17, 15) is 19.5 Å². The smallest absolute Gasteiger partial charge is 0.312 e. The number of hydrogen-bond acceptors (Lipinski definition) is 6. The third kappa shape index (κ3) is 3.53. The lowest BCUT2D eigenvalue weighted by Gasteiger charge is -2.40. The largest absolute Gasteiger partial charge is 0.465 e.